The molecule has 2 rings (SSSR count). The van der Waals surface area contributed by atoms with Crippen molar-refractivity contribution in [3.8, 4) is 0 Å². The summed E-state index contributed by atoms with van der Waals surface area (Å²) < 4.78 is 5.59. The van der Waals surface area contributed by atoms with Gasteiger partial charge in [0.15, 0.2) is 0 Å². The molecule has 0 bridgehead atoms. The van der Waals surface area contributed by atoms with Crippen molar-refractivity contribution < 1.29 is 9.53 Å². The minimum Gasteiger partial charge on any atom is -0.366 e. The van der Waals surface area contributed by atoms with Gasteiger partial charge >= 0.3 is 0 Å². The van der Waals surface area contributed by atoms with Gasteiger partial charge in [-0.15, -0.1) is 0 Å². The molecule has 0 saturated heterocycles. The highest BCUT2D eigenvalue weighted by Gasteiger charge is 2.30. The van der Waals surface area contributed by atoms with Crippen molar-refractivity contribution in [2.75, 3.05) is 0 Å². The van der Waals surface area contributed by atoms with Crippen LogP contribution in [0.2, 0.25) is 0 Å². The lowest BCUT2D eigenvalue weighted by Gasteiger charge is -2.17. The zero-order valence-corrected chi connectivity index (χ0v) is 7.83. The molecule has 0 saturated carbocycles. The third-order valence-electron chi connectivity index (χ3n) is 2.50. The maximum Gasteiger partial charge on any atom is 0.150 e. The maximum atomic E-state index is 10.5. The minimum absolute atomic E-state index is 0.198. The normalized spacial score (nSPS) is 18.3. The van der Waals surface area contributed by atoms with Crippen molar-refractivity contribution in [1.29, 1.82) is 0 Å². The molecule has 0 atom stereocenters. The molecule has 0 spiro atoms. The lowest BCUT2D eigenvalue weighted by atomic mass is 9.95. The quantitative estimate of drug-likeness (QED) is 0.613. The van der Waals surface area contributed by atoms with Crippen LogP contribution in [0.15, 0.2) is 18.2 Å². The topological polar surface area (TPSA) is 26.3 Å². The van der Waals surface area contributed by atoms with Gasteiger partial charge in [0.1, 0.15) is 6.29 Å². The number of rotatable bonds is 1. The average molecular weight is 176 g/mol. The van der Waals surface area contributed by atoms with Gasteiger partial charge in [0.2, 0.25) is 0 Å². The van der Waals surface area contributed by atoms with E-state index in [1.54, 1.807) is 0 Å². The van der Waals surface area contributed by atoms with E-state index in [2.05, 4.69) is 0 Å². The molecule has 13 heavy (non-hydrogen) atoms. The minimum atomic E-state index is -0.198. The van der Waals surface area contributed by atoms with E-state index in [0.717, 1.165) is 17.4 Å². The van der Waals surface area contributed by atoms with Crippen LogP contribution in [0, 0.1) is 0 Å². The standard InChI is InChI=1S/C11H12O2/c1-11(2)10-4-3-8(6-12)5-9(10)7-13-11/h3-6H,7H2,1-2H3. The number of hydrogen-bond acceptors (Lipinski definition) is 2. The van der Waals surface area contributed by atoms with Crippen molar-refractivity contribution in [3.05, 3.63) is 34.9 Å². The van der Waals surface area contributed by atoms with E-state index < -0.39 is 0 Å². The van der Waals surface area contributed by atoms with E-state index in [1.165, 1.54) is 5.56 Å². The van der Waals surface area contributed by atoms with Crippen LogP contribution < -0.4 is 0 Å². The van der Waals surface area contributed by atoms with Crippen LogP contribution >= 0.6 is 0 Å². The summed E-state index contributed by atoms with van der Waals surface area (Å²) in [6.45, 7) is 4.70. The Morgan fingerprint density at radius 3 is 2.92 bits per heavy atom. The lowest BCUT2D eigenvalue weighted by molar-refractivity contribution is -0.00789. The second-order valence-corrected chi connectivity index (χ2v) is 3.83. The molecule has 0 aromatic heterocycles. The molecule has 68 valence electrons. The van der Waals surface area contributed by atoms with E-state index >= 15 is 0 Å². The summed E-state index contributed by atoms with van der Waals surface area (Å²) in [4.78, 5) is 10.5. The van der Waals surface area contributed by atoms with Gasteiger partial charge < -0.3 is 4.74 Å². The predicted octanol–water partition coefficient (Wildman–Crippen LogP) is 2.26. The van der Waals surface area contributed by atoms with Gasteiger partial charge in [-0.2, -0.15) is 0 Å². The molecule has 0 aliphatic carbocycles. The summed E-state index contributed by atoms with van der Waals surface area (Å²) in [5.74, 6) is 0. The summed E-state index contributed by atoms with van der Waals surface area (Å²) in [6, 6.07) is 5.71. The Kier molecular flexibility index (Phi) is 1.74. The summed E-state index contributed by atoms with van der Waals surface area (Å²) >= 11 is 0. The van der Waals surface area contributed by atoms with Gasteiger partial charge in [-0.3, -0.25) is 4.79 Å². The fourth-order valence-electron chi connectivity index (χ4n) is 1.73. The molecule has 2 nitrogen and oxygen atoms in total. The number of fused-ring (bicyclic) bond motifs is 1. The van der Waals surface area contributed by atoms with Crippen molar-refractivity contribution in [1.82, 2.24) is 0 Å². The van der Waals surface area contributed by atoms with E-state index in [1.807, 2.05) is 32.0 Å². The van der Waals surface area contributed by atoms with Gasteiger partial charge in [-0.1, -0.05) is 12.1 Å². The molecule has 0 unspecified atom stereocenters. The van der Waals surface area contributed by atoms with Crippen LogP contribution in [0.5, 0.6) is 0 Å². The molecule has 1 aliphatic heterocycles. The van der Waals surface area contributed by atoms with Crippen LogP contribution in [0.3, 0.4) is 0 Å². The van der Waals surface area contributed by atoms with E-state index in [4.69, 9.17) is 4.74 Å². The monoisotopic (exact) mass is 176 g/mol. The molecule has 0 amide bonds. The molecule has 1 heterocycles. The molecular formula is C11H12O2. The lowest BCUT2D eigenvalue weighted by Crippen LogP contribution is -2.14. The number of carbonyl (C=O) groups excluding carboxylic acids is 1. The largest absolute Gasteiger partial charge is 0.366 e. The van der Waals surface area contributed by atoms with E-state index in [-0.39, 0.29) is 5.60 Å². The van der Waals surface area contributed by atoms with Crippen molar-refractivity contribution in [2.24, 2.45) is 0 Å². The molecule has 1 aromatic rings. The summed E-state index contributed by atoms with van der Waals surface area (Å²) in [5, 5.41) is 0. The first-order valence-corrected chi connectivity index (χ1v) is 4.36. The number of ether oxygens (including phenoxy) is 1. The molecule has 2 heteroatoms. The number of carbonyl (C=O) groups is 1. The Balaban J connectivity index is 2.52. The SMILES string of the molecule is CC1(C)OCc2cc(C=O)ccc21. The molecule has 1 aromatic carbocycles. The van der Waals surface area contributed by atoms with Crippen LogP contribution in [0.1, 0.15) is 35.3 Å². The van der Waals surface area contributed by atoms with Gasteiger partial charge in [0, 0.05) is 5.56 Å². The first-order valence-electron chi connectivity index (χ1n) is 4.36. The van der Waals surface area contributed by atoms with E-state index in [0.29, 0.717) is 6.61 Å². The highest BCUT2D eigenvalue weighted by Crippen LogP contribution is 2.35. The van der Waals surface area contributed by atoms with Crippen molar-refractivity contribution in [2.45, 2.75) is 26.1 Å². The number of benzene rings is 1. The molecule has 0 fully saturated rings. The second kappa shape index (κ2) is 2.67. The first-order chi connectivity index (χ1) is 6.13. The van der Waals surface area contributed by atoms with Crippen LogP contribution in [-0.2, 0) is 16.9 Å². The van der Waals surface area contributed by atoms with Crippen LogP contribution in [0.4, 0.5) is 0 Å². The fraction of sp³-hybridized carbons (Fsp3) is 0.364. The fourth-order valence-corrected chi connectivity index (χ4v) is 1.73. The molecular weight excluding hydrogens is 164 g/mol. The Labute approximate surface area is 77.5 Å². The number of hydrogen-bond donors (Lipinski definition) is 0. The maximum absolute atomic E-state index is 10.5. The third-order valence-corrected chi connectivity index (χ3v) is 2.50. The summed E-state index contributed by atoms with van der Waals surface area (Å²) in [7, 11) is 0. The molecule has 0 N–H and O–H groups in total. The summed E-state index contributed by atoms with van der Waals surface area (Å²) in [6.07, 6.45) is 0.867. The Morgan fingerprint density at radius 1 is 1.46 bits per heavy atom. The Hall–Kier alpha value is -1.15. The van der Waals surface area contributed by atoms with Gasteiger partial charge in [0.25, 0.3) is 0 Å². The average Bonchev–Trinajstić information content (AvgIpc) is 2.42. The first kappa shape index (κ1) is 8.45. The van der Waals surface area contributed by atoms with Crippen LogP contribution in [-0.4, -0.2) is 6.29 Å². The zero-order chi connectivity index (χ0) is 9.47. The summed E-state index contributed by atoms with van der Waals surface area (Å²) in [5.41, 5.74) is 2.85. The van der Waals surface area contributed by atoms with E-state index in [9.17, 15) is 4.79 Å². The smallest absolute Gasteiger partial charge is 0.150 e. The zero-order valence-electron chi connectivity index (χ0n) is 7.83. The Morgan fingerprint density at radius 2 is 2.23 bits per heavy atom. The second-order valence-electron chi connectivity index (χ2n) is 3.83. The van der Waals surface area contributed by atoms with Crippen molar-refractivity contribution >= 4 is 6.29 Å². The third kappa shape index (κ3) is 1.27. The number of aldehydes is 1. The highest BCUT2D eigenvalue weighted by molar-refractivity contribution is 5.75. The van der Waals surface area contributed by atoms with Gasteiger partial charge in [-0.25, -0.2) is 0 Å². The van der Waals surface area contributed by atoms with Crippen molar-refractivity contribution in [3.63, 3.8) is 0 Å². The Bertz CT molecular complexity index is 353. The molecule has 0 radical (unpaired) electrons. The highest BCUT2D eigenvalue weighted by atomic mass is 16.5. The van der Waals surface area contributed by atoms with Crippen LogP contribution in [0.25, 0.3) is 0 Å². The van der Waals surface area contributed by atoms with Gasteiger partial charge in [-0.05, 0) is 31.0 Å². The van der Waals surface area contributed by atoms with Gasteiger partial charge in [0.05, 0.1) is 12.2 Å². The molecule has 1 aliphatic rings. The predicted molar refractivity (Wildman–Crippen MR) is 49.6 cm³/mol.